The van der Waals surface area contributed by atoms with Crippen LogP contribution in [0.5, 0.6) is 0 Å². The summed E-state index contributed by atoms with van der Waals surface area (Å²) >= 11 is 0. The van der Waals surface area contributed by atoms with Crippen molar-refractivity contribution in [3.63, 3.8) is 0 Å². The second-order valence-corrected chi connectivity index (χ2v) is 31.9. The molecule has 3 saturated heterocycles. The molecule has 0 aromatic rings. The van der Waals surface area contributed by atoms with Gasteiger partial charge in [0.25, 0.3) is 0 Å². The fourth-order valence-corrected chi connectivity index (χ4v) is 14.2. The first kappa shape index (κ1) is 102. The largest absolute Gasteiger partial charge is 0.394 e. The van der Waals surface area contributed by atoms with Gasteiger partial charge in [0.1, 0.15) is 85.1 Å². The lowest BCUT2D eigenvalue weighted by Crippen LogP contribution is -2.64. The highest BCUT2D eigenvalue weighted by Gasteiger charge is 2.48. The fraction of sp³-hybridized carbons (Fsp3) is 0.914. The van der Waals surface area contributed by atoms with Gasteiger partial charge in [-0.3, -0.25) is 33.6 Å². The minimum absolute atomic E-state index is 0.0344. The van der Waals surface area contributed by atoms with E-state index in [0.29, 0.717) is 84.5 Å². The molecule has 654 valence electrons. The number of rotatable bonds is 66. The number of aliphatic hydroxyl groups is 9. The summed E-state index contributed by atoms with van der Waals surface area (Å²) < 4.78 is 40.3. The summed E-state index contributed by atoms with van der Waals surface area (Å²) in [6.45, 7) is 12.6. The second-order valence-electron chi connectivity index (χ2n) is 31.9. The number of ether oxygens (including phenoxy) is 7. The van der Waals surface area contributed by atoms with E-state index in [9.17, 15) is 79.5 Å². The van der Waals surface area contributed by atoms with Crippen molar-refractivity contribution in [3.05, 3.63) is 0 Å². The zero-order valence-electron chi connectivity index (χ0n) is 68.9. The summed E-state index contributed by atoms with van der Waals surface area (Å²) in [5.41, 5.74) is -0.209. The smallest absolute Gasteiger partial charge is 0.243 e. The summed E-state index contributed by atoms with van der Waals surface area (Å²) in [5, 5.41) is 115. The molecular weight excluding hydrogens is 1450 g/mol. The lowest BCUT2D eigenvalue weighted by atomic mass is 9.97. The van der Waals surface area contributed by atoms with E-state index >= 15 is 0 Å². The summed E-state index contributed by atoms with van der Waals surface area (Å²) in [6, 6.07) is -4.59. The van der Waals surface area contributed by atoms with Crippen LogP contribution in [0, 0.1) is 0 Å². The lowest BCUT2D eigenvalue weighted by molar-refractivity contribution is -0.270. The topological polar surface area (TPSA) is 462 Å². The first-order chi connectivity index (χ1) is 53.8. The molecule has 31 heteroatoms. The highest BCUT2D eigenvalue weighted by Crippen LogP contribution is 2.27. The maximum atomic E-state index is 14.4. The van der Waals surface area contributed by atoms with Crippen molar-refractivity contribution in [1.82, 2.24) is 42.5 Å². The third kappa shape index (κ3) is 45.4. The van der Waals surface area contributed by atoms with Crippen LogP contribution >= 0.6 is 0 Å². The van der Waals surface area contributed by atoms with Gasteiger partial charge in [-0.15, -0.1) is 0 Å². The molecule has 7 amide bonds. The number of carbonyl (C=O) groups excluding carboxylic acids is 7. The molecule has 17 N–H and O–H groups in total. The van der Waals surface area contributed by atoms with Gasteiger partial charge >= 0.3 is 0 Å². The average molecular weight is 1610 g/mol. The third-order valence-corrected chi connectivity index (χ3v) is 20.7. The number of aliphatic hydroxyl groups excluding tert-OH is 9. The Labute approximate surface area is 667 Å². The molecular formula is C81H152N8O23. The average Bonchev–Trinajstić information content (AvgIpc) is 0.821. The molecule has 3 aliphatic heterocycles. The first-order valence-electron chi connectivity index (χ1n) is 42.8. The van der Waals surface area contributed by atoms with Gasteiger partial charge < -0.3 is 122 Å². The molecule has 0 spiro atoms. The molecule has 0 aliphatic carbocycles. The molecule has 0 aromatic heterocycles. The number of hydrogen-bond acceptors (Lipinski definition) is 24. The van der Waals surface area contributed by atoms with Crippen molar-refractivity contribution < 1.29 is 113 Å². The monoisotopic (exact) mass is 1610 g/mol. The molecule has 3 fully saturated rings. The van der Waals surface area contributed by atoms with Gasteiger partial charge in [-0.1, -0.05) is 148 Å². The Kier molecular flexibility index (Phi) is 56.3. The second kappa shape index (κ2) is 61.9. The summed E-state index contributed by atoms with van der Waals surface area (Å²) in [4.78, 5) is 90.2. The maximum Gasteiger partial charge on any atom is 0.243 e. The predicted molar refractivity (Wildman–Crippen MR) is 422 cm³/mol. The molecule has 3 heterocycles. The van der Waals surface area contributed by atoms with E-state index in [0.717, 1.165) is 212 Å². The Balaban J connectivity index is 1.45. The van der Waals surface area contributed by atoms with Gasteiger partial charge in [0, 0.05) is 73.1 Å². The molecule has 112 heavy (non-hydrogen) atoms. The van der Waals surface area contributed by atoms with Crippen molar-refractivity contribution >= 4 is 41.4 Å². The standard InChI is InChI=1S/C81H152N8O23/c1-57(93)85-67-73(101)70(98)62(54-90)110-78(67)106-50-38-26-19-13-8-7-12-18-24-34-46-82-47-36-32-43-61(88-66(97)45-31-23-17-10-9-14-20-27-39-51-107-79-68(86-58(2)94)74(102)71(99)63(55-91)111-79)77(105)89-60(76(104)84-49-35-25-29-41-53-109-81(4,5)6)42-33-37-48-83-65(96)44-30-22-16-11-15-21-28-40-52-108-80-69(87-59(3)95)75(103)72(100)64(56-92)112-80/h60-64,67-75,78-80,82,90-92,98-103H,7-56H2,1-6H3,(H,83,96)(H,84,104)(H,85,93)(H,86,94)(H,87,95)(H,88,97)(H,89,105). The van der Waals surface area contributed by atoms with Crippen LogP contribution in [-0.4, -0.2) is 269 Å². The normalized spacial score (nSPS) is 24.5. The lowest BCUT2D eigenvalue weighted by Gasteiger charge is -2.42. The summed E-state index contributed by atoms with van der Waals surface area (Å²) in [6.07, 6.45) is 19.3. The molecule has 3 aliphatic rings. The van der Waals surface area contributed by atoms with Crippen LogP contribution < -0.4 is 42.5 Å². The molecule has 0 radical (unpaired) electrons. The van der Waals surface area contributed by atoms with Gasteiger partial charge in [0.15, 0.2) is 18.9 Å². The zero-order chi connectivity index (χ0) is 82.3. The van der Waals surface area contributed by atoms with E-state index in [4.69, 9.17) is 33.2 Å². The Morgan fingerprint density at radius 1 is 0.339 bits per heavy atom. The van der Waals surface area contributed by atoms with Crippen molar-refractivity contribution in [2.75, 3.05) is 72.4 Å². The van der Waals surface area contributed by atoms with Crippen molar-refractivity contribution in [3.8, 4) is 0 Å². The maximum absolute atomic E-state index is 14.4. The third-order valence-electron chi connectivity index (χ3n) is 20.7. The molecule has 17 atom stereocenters. The van der Waals surface area contributed by atoms with E-state index in [1.165, 1.54) is 20.8 Å². The van der Waals surface area contributed by atoms with E-state index in [2.05, 4.69) is 42.5 Å². The highest BCUT2D eigenvalue weighted by molar-refractivity contribution is 5.92. The number of amides is 7. The molecule has 3 rings (SSSR count). The molecule has 0 saturated carbocycles. The first-order valence-corrected chi connectivity index (χ1v) is 42.8. The Morgan fingerprint density at radius 2 is 0.634 bits per heavy atom. The van der Waals surface area contributed by atoms with Crippen LogP contribution in [0.1, 0.15) is 292 Å². The van der Waals surface area contributed by atoms with Crippen LogP contribution in [0.15, 0.2) is 0 Å². The number of unbranched alkanes of at least 4 members (excludes halogenated alkanes) is 29. The van der Waals surface area contributed by atoms with Crippen LogP contribution in [0.2, 0.25) is 0 Å². The minimum atomic E-state index is -1.38. The molecule has 0 aromatic carbocycles. The highest BCUT2D eigenvalue weighted by atomic mass is 16.7. The number of hydrogen-bond donors (Lipinski definition) is 17. The van der Waals surface area contributed by atoms with Gasteiger partial charge in [0.2, 0.25) is 41.4 Å². The van der Waals surface area contributed by atoms with Crippen LogP contribution in [0.25, 0.3) is 0 Å². The molecule has 0 bridgehead atoms. The van der Waals surface area contributed by atoms with Crippen molar-refractivity contribution in [2.45, 2.75) is 402 Å². The van der Waals surface area contributed by atoms with Crippen molar-refractivity contribution in [1.29, 1.82) is 0 Å². The van der Waals surface area contributed by atoms with Gasteiger partial charge in [-0.2, -0.15) is 0 Å². The van der Waals surface area contributed by atoms with Crippen LogP contribution in [0.4, 0.5) is 0 Å². The van der Waals surface area contributed by atoms with Crippen LogP contribution in [0.3, 0.4) is 0 Å². The fourth-order valence-electron chi connectivity index (χ4n) is 14.2. The van der Waals surface area contributed by atoms with Gasteiger partial charge in [-0.05, 0) is 124 Å². The van der Waals surface area contributed by atoms with Gasteiger partial charge in [-0.25, -0.2) is 0 Å². The van der Waals surface area contributed by atoms with Gasteiger partial charge in [0.05, 0.1) is 25.4 Å². The molecule has 31 nitrogen and oxygen atoms in total. The summed E-state index contributed by atoms with van der Waals surface area (Å²) in [7, 11) is 0. The number of nitrogens with one attached hydrogen (secondary N) is 8. The predicted octanol–water partition coefficient (Wildman–Crippen LogP) is 4.69. The molecule has 17 unspecified atom stereocenters. The van der Waals surface area contributed by atoms with E-state index < -0.39 is 147 Å². The Hall–Kier alpha value is -4.39. The Morgan fingerprint density at radius 3 is 0.991 bits per heavy atom. The van der Waals surface area contributed by atoms with E-state index in [1.54, 1.807) is 0 Å². The quantitative estimate of drug-likeness (QED) is 0.0367. The number of carbonyl (C=O) groups is 7. The minimum Gasteiger partial charge on any atom is -0.394 e. The van der Waals surface area contributed by atoms with E-state index in [1.807, 2.05) is 20.8 Å². The Bertz CT molecular complexity index is 2500. The zero-order valence-corrected chi connectivity index (χ0v) is 68.9. The van der Waals surface area contributed by atoms with Crippen LogP contribution in [-0.2, 0) is 66.7 Å². The van der Waals surface area contributed by atoms with Crippen molar-refractivity contribution in [2.24, 2.45) is 0 Å². The van der Waals surface area contributed by atoms with E-state index in [-0.39, 0.29) is 29.7 Å². The SMILES string of the molecule is CC(=O)NC1C(OCCCCCCCCCCCCNCCCCC(NC(=O)CCCCCCCCCCCOC2OC(CO)C(O)C(O)C2NC(C)=O)C(=O)NC(CCCCNC(=O)CCCCCCCCCCOC2OC(CO)C(O)C(O)C2NC(C)=O)C(=O)NCCCCCCOC(C)(C)C)OC(CO)C(O)C1O. The summed E-state index contributed by atoms with van der Waals surface area (Å²) in [5.74, 6) is -2.15.